The normalized spacial score (nSPS) is 10.7. The summed E-state index contributed by atoms with van der Waals surface area (Å²) >= 11 is 8.88. The molecule has 0 bridgehead atoms. The Balaban J connectivity index is 2.83. The molecule has 0 amide bonds. The highest BCUT2D eigenvalue weighted by Crippen LogP contribution is 2.15. The zero-order chi connectivity index (χ0) is 10.1. The maximum absolute atomic E-state index is 11.5. The van der Waals surface area contributed by atoms with Crippen LogP contribution in [0.4, 0.5) is 0 Å². The van der Waals surface area contributed by atoms with Gasteiger partial charge in [-0.2, -0.15) is 0 Å². The number of alkyl halides is 1. The van der Waals surface area contributed by atoms with Gasteiger partial charge >= 0.3 is 0 Å². The molecule has 1 aromatic carbocycles. The van der Waals surface area contributed by atoms with Crippen LogP contribution in [0.15, 0.2) is 27.5 Å². The zero-order valence-corrected chi connectivity index (χ0v) is 9.39. The highest BCUT2D eigenvalue weighted by atomic mass is 79.9. The van der Waals surface area contributed by atoms with Crippen molar-refractivity contribution in [3.05, 3.63) is 38.9 Å². The fourth-order valence-corrected chi connectivity index (χ4v) is 1.71. The molecule has 0 aliphatic heterocycles. The molecule has 72 valence electrons. The van der Waals surface area contributed by atoms with E-state index in [0.717, 1.165) is 4.47 Å². The largest absolute Gasteiger partial charge is 0.309 e. The van der Waals surface area contributed by atoms with Crippen LogP contribution in [0.3, 0.4) is 0 Å². The lowest BCUT2D eigenvalue weighted by Gasteiger charge is -1.99. The molecule has 14 heavy (non-hydrogen) atoms. The molecule has 0 atom stereocenters. The van der Waals surface area contributed by atoms with Crippen LogP contribution >= 0.6 is 27.5 Å². The van der Waals surface area contributed by atoms with E-state index in [1.54, 1.807) is 12.1 Å². The molecule has 5 heteroatoms. The molecule has 0 saturated carbocycles. The van der Waals surface area contributed by atoms with Gasteiger partial charge in [-0.1, -0.05) is 15.9 Å². The Morgan fingerprint density at radius 1 is 1.50 bits per heavy atom. The van der Waals surface area contributed by atoms with Gasteiger partial charge in [0.15, 0.2) is 0 Å². The van der Waals surface area contributed by atoms with E-state index in [0.29, 0.717) is 16.7 Å². The number of hydrogen-bond acceptors (Lipinski definition) is 2. The van der Waals surface area contributed by atoms with Crippen molar-refractivity contribution < 1.29 is 0 Å². The van der Waals surface area contributed by atoms with Gasteiger partial charge in [0.2, 0.25) is 0 Å². The van der Waals surface area contributed by atoms with Crippen molar-refractivity contribution in [2.75, 3.05) is 0 Å². The van der Waals surface area contributed by atoms with Gasteiger partial charge in [0.1, 0.15) is 5.82 Å². The smallest absolute Gasteiger partial charge is 0.258 e. The number of nitrogens with one attached hydrogen (secondary N) is 1. The topological polar surface area (TPSA) is 45.8 Å². The van der Waals surface area contributed by atoms with Gasteiger partial charge in [0.05, 0.1) is 16.8 Å². The van der Waals surface area contributed by atoms with E-state index in [-0.39, 0.29) is 11.4 Å². The molecule has 0 fully saturated rings. The Hall–Kier alpha value is -0.870. The summed E-state index contributed by atoms with van der Waals surface area (Å²) in [7, 11) is 0. The summed E-state index contributed by atoms with van der Waals surface area (Å²) < 4.78 is 0.857. The molecular weight excluding hydrogens is 267 g/mol. The fourth-order valence-electron chi connectivity index (χ4n) is 1.22. The summed E-state index contributed by atoms with van der Waals surface area (Å²) in [5.41, 5.74) is 0.500. The van der Waals surface area contributed by atoms with Crippen LogP contribution < -0.4 is 5.56 Å². The average molecular weight is 274 g/mol. The van der Waals surface area contributed by atoms with Crippen molar-refractivity contribution in [2.24, 2.45) is 0 Å². The first-order valence-corrected chi connectivity index (χ1v) is 5.28. The Morgan fingerprint density at radius 2 is 2.29 bits per heavy atom. The Bertz CT molecular complexity index is 538. The summed E-state index contributed by atoms with van der Waals surface area (Å²) in [4.78, 5) is 18.3. The fraction of sp³-hybridized carbons (Fsp3) is 0.111. The lowest BCUT2D eigenvalue weighted by molar-refractivity contribution is 1.03. The van der Waals surface area contributed by atoms with Crippen LogP contribution in [0.25, 0.3) is 10.9 Å². The summed E-state index contributed by atoms with van der Waals surface area (Å²) in [6.45, 7) is 0. The Morgan fingerprint density at radius 3 is 3.00 bits per heavy atom. The van der Waals surface area contributed by atoms with E-state index < -0.39 is 0 Å². The molecule has 1 N–H and O–H groups in total. The maximum Gasteiger partial charge on any atom is 0.258 e. The Kier molecular flexibility index (Phi) is 2.56. The standard InChI is InChI=1S/C9H6BrClN2O/c10-5-1-2-7-6(3-5)9(14)13-8(4-11)12-7/h1-3H,4H2,(H,12,13,14). The number of nitrogens with zero attached hydrogens (tertiary/aromatic N) is 1. The minimum Gasteiger partial charge on any atom is -0.309 e. The molecule has 0 spiro atoms. The summed E-state index contributed by atoms with van der Waals surface area (Å²) in [5, 5.41) is 0.563. The van der Waals surface area contributed by atoms with E-state index >= 15 is 0 Å². The third-order valence-corrected chi connectivity index (χ3v) is 2.59. The number of rotatable bonds is 1. The number of aromatic amines is 1. The number of aromatic nitrogens is 2. The lowest BCUT2D eigenvalue weighted by atomic mass is 10.2. The highest BCUT2D eigenvalue weighted by molar-refractivity contribution is 9.10. The molecule has 1 aromatic heterocycles. The first kappa shape index (κ1) is 9.68. The number of benzene rings is 1. The summed E-state index contributed by atoms with van der Waals surface area (Å²) in [6, 6.07) is 5.36. The van der Waals surface area contributed by atoms with Crippen LogP contribution in [0.5, 0.6) is 0 Å². The SMILES string of the molecule is O=c1[nH]c(CCl)nc2ccc(Br)cc12. The molecule has 0 saturated heterocycles. The maximum atomic E-state index is 11.5. The number of hydrogen-bond donors (Lipinski definition) is 1. The molecule has 2 rings (SSSR count). The number of halogens is 2. The molecule has 2 aromatic rings. The quantitative estimate of drug-likeness (QED) is 0.811. The zero-order valence-electron chi connectivity index (χ0n) is 7.05. The van der Waals surface area contributed by atoms with Crippen molar-refractivity contribution in [3.63, 3.8) is 0 Å². The van der Waals surface area contributed by atoms with Crippen molar-refractivity contribution in [1.29, 1.82) is 0 Å². The van der Waals surface area contributed by atoms with Gasteiger partial charge in [0.25, 0.3) is 5.56 Å². The summed E-state index contributed by atoms with van der Waals surface area (Å²) in [6.07, 6.45) is 0. The minimum absolute atomic E-state index is 0.160. The van der Waals surface area contributed by atoms with Crippen molar-refractivity contribution in [1.82, 2.24) is 9.97 Å². The van der Waals surface area contributed by atoms with Gasteiger partial charge < -0.3 is 4.98 Å². The molecule has 0 unspecified atom stereocenters. The van der Waals surface area contributed by atoms with Crippen LogP contribution in [-0.4, -0.2) is 9.97 Å². The van der Waals surface area contributed by atoms with Gasteiger partial charge in [-0.3, -0.25) is 4.79 Å². The van der Waals surface area contributed by atoms with Gasteiger partial charge in [0, 0.05) is 4.47 Å². The van der Waals surface area contributed by atoms with Gasteiger partial charge in [-0.25, -0.2) is 4.98 Å². The van der Waals surface area contributed by atoms with Crippen LogP contribution in [-0.2, 0) is 5.88 Å². The van der Waals surface area contributed by atoms with E-state index in [4.69, 9.17) is 11.6 Å². The second kappa shape index (κ2) is 3.71. The first-order chi connectivity index (χ1) is 6.70. The third-order valence-electron chi connectivity index (χ3n) is 1.84. The first-order valence-electron chi connectivity index (χ1n) is 3.95. The molecule has 0 aliphatic rings. The monoisotopic (exact) mass is 272 g/mol. The molecule has 0 radical (unpaired) electrons. The Labute approximate surface area is 93.2 Å². The molecule has 0 aliphatic carbocycles. The summed E-state index contributed by atoms with van der Waals surface area (Å²) in [5.74, 6) is 0.702. The van der Waals surface area contributed by atoms with Gasteiger partial charge in [-0.05, 0) is 18.2 Å². The van der Waals surface area contributed by atoms with Crippen LogP contribution in [0.2, 0.25) is 0 Å². The molecule has 1 heterocycles. The van der Waals surface area contributed by atoms with Crippen LogP contribution in [0, 0.1) is 0 Å². The van der Waals surface area contributed by atoms with Crippen LogP contribution in [0.1, 0.15) is 5.82 Å². The molecule has 3 nitrogen and oxygen atoms in total. The highest BCUT2D eigenvalue weighted by Gasteiger charge is 2.02. The number of H-pyrrole nitrogens is 1. The van der Waals surface area contributed by atoms with E-state index in [2.05, 4.69) is 25.9 Å². The second-order valence-electron chi connectivity index (χ2n) is 2.81. The second-order valence-corrected chi connectivity index (χ2v) is 3.99. The van der Waals surface area contributed by atoms with E-state index in [9.17, 15) is 4.79 Å². The predicted molar refractivity (Wildman–Crippen MR) is 59.6 cm³/mol. The van der Waals surface area contributed by atoms with E-state index in [1.807, 2.05) is 6.07 Å². The minimum atomic E-state index is -0.160. The van der Waals surface area contributed by atoms with Crippen molar-refractivity contribution in [2.45, 2.75) is 5.88 Å². The lowest BCUT2D eigenvalue weighted by Crippen LogP contribution is -2.10. The average Bonchev–Trinajstić information content (AvgIpc) is 2.19. The van der Waals surface area contributed by atoms with Crippen molar-refractivity contribution >= 4 is 38.4 Å². The van der Waals surface area contributed by atoms with E-state index in [1.165, 1.54) is 0 Å². The van der Waals surface area contributed by atoms with Crippen molar-refractivity contribution in [3.8, 4) is 0 Å². The predicted octanol–water partition coefficient (Wildman–Crippen LogP) is 2.42. The number of fused-ring (bicyclic) bond motifs is 1. The molecular formula is C9H6BrClN2O. The third kappa shape index (κ3) is 1.67. The van der Waals surface area contributed by atoms with Gasteiger partial charge in [-0.15, -0.1) is 11.6 Å².